The highest BCUT2D eigenvalue weighted by Crippen LogP contribution is 2.36. The fraction of sp³-hybridized carbons (Fsp3) is 0.0968. The Kier molecular flexibility index (Phi) is 7.58. The molecule has 3 aromatic heterocycles. The molecule has 0 saturated carbocycles. The summed E-state index contributed by atoms with van der Waals surface area (Å²) in [7, 11) is 0. The summed E-state index contributed by atoms with van der Waals surface area (Å²) in [5, 5.41) is 11.7. The van der Waals surface area contributed by atoms with Crippen molar-refractivity contribution in [2.75, 3.05) is 5.32 Å². The fourth-order valence-corrected chi connectivity index (χ4v) is 4.62. The number of fused-ring (bicyclic) bond motifs is 1. The number of carbonyl (C=O) groups excluding carboxylic acids is 1. The zero-order valence-corrected chi connectivity index (χ0v) is 22.9. The molecule has 13 heteroatoms. The zero-order valence-electron chi connectivity index (χ0n) is 22.9. The molecule has 3 aromatic carbocycles. The van der Waals surface area contributed by atoms with E-state index in [9.17, 15) is 18.0 Å². The number of nitrogens with zero attached hydrogens (tertiary/aromatic N) is 6. The maximum atomic E-state index is 14.1. The summed E-state index contributed by atoms with van der Waals surface area (Å²) in [6, 6.07) is 24.1. The summed E-state index contributed by atoms with van der Waals surface area (Å²) < 4.78 is 49.8. The minimum Gasteiger partial charge on any atom is -0.457 e. The third-order valence-corrected chi connectivity index (χ3v) is 6.70. The third-order valence-electron chi connectivity index (χ3n) is 6.70. The first-order valence-electron chi connectivity index (χ1n) is 13.3. The highest BCUT2D eigenvalue weighted by atomic mass is 19.4. The van der Waals surface area contributed by atoms with Crippen LogP contribution in [0.5, 0.6) is 11.5 Å². The Morgan fingerprint density at radius 1 is 0.932 bits per heavy atom. The van der Waals surface area contributed by atoms with E-state index >= 15 is 0 Å². The van der Waals surface area contributed by atoms with Crippen molar-refractivity contribution in [3.8, 4) is 22.6 Å². The molecule has 6 aromatic rings. The van der Waals surface area contributed by atoms with Gasteiger partial charge in [0.25, 0.3) is 5.91 Å². The van der Waals surface area contributed by atoms with Crippen molar-refractivity contribution in [3.63, 3.8) is 0 Å². The maximum absolute atomic E-state index is 14.1. The number of benzene rings is 3. The predicted octanol–water partition coefficient (Wildman–Crippen LogP) is 5.85. The molecule has 220 valence electrons. The molecule has 0 saturated heterocycles. The number of ether oxygens (including phenoxy) is 1. The molecular weight excluding hydrogens is 573 g/mol. The monoisotopic (exact) mass is 596 g/mol. The van der Waals surface area contributed by atoms with Crippen LogP contribution in [-0.2, 0) is 19.3 Å². The van der Waals surface area contributed by atoms with Gasteiger partial charge in [-0.25, -0.2) is 15.0 Å². The molecule has 0 aliphatic rings. The van der Waals surface area contributed by atoms with Gasteiger partial charge in [-0.15, -0.1) is 10.2 Å². The van der Waals surface area contributed by atoms with Crippen molar-refractivity contribution in [1.82, 2.24) is 29.7 Å². The number of primary amides is 1. The van der Waals surface area contributed by atoms with Crippen LogP contribution in [0.4, 0.5) is 19.1 Å². The van der Waals surface area contributed by atoms with Gasteiger partial charge in [-0.1, -0.05) is 48.5 Å². The number of halogens is 3. The zero-order chi connectivity index (χ0) is 30.7. The molecule has 0 unspecified atom stereocenters. The van der Waals surface area contributed by atoms with Gasteiger partial charge in [0.05, 0.1) is 18.6 Å². The fourth-order valence-electron chi connectivity index (χ4n) is 4.62. The molecule has 44 heavy (non-hydrogen) atoms. The molecule has 0 atom stereocenters. The molecule has 0 radical (unpaired) electrons. The van der Waals surface area contributed by atoms with E-state index in [4.69, 9.17) is 10.5 Å². The second-order valence-electron chi connectivity index (χ2n) is 9.67. The lowest BCUT2D eigenvalue weighted by Gasteiger charge is -2.14. The topological polar surface area (TPSA) is 134 Å². The number of hydrogen-bond donors (Lipinski definition) is 2. The van der Waals surface area contributed by atoms with Crippen molar-refractivity contribution in [2.45, 2.75) is 19.3 Å². The van der Waals surface area contributed by atoms with E-state index in [0.29, 0.717) is 22.8 Å². The van der Waals surface area contributed by atoms with Crippen molar-refractivity contribution >= 4 is 22.8 Å². The Balaban J connectivity index is 1.21. The Bertz CT molecular complexity index is 1940. The molecule has 0 spiro atoms. The van der Waals surface area contributed by atoms with E-state index in [0.717, 1.165) is 17.1 Å². The number of anilines is 1. The summed E-state index contributed by atoms with van der Waals surface area (Å²) >= 11 is 0. The average molecular weight is 597 g/mol. The number of hydrogen-bond acceptors (Lipinski definition) is 8. The molecule has 0 aliphatic carbocycles. The number of nitrogens with two attached hydrogens (primary N) is 1. The maximum Gasteiger partial charge on any atom is 0.434 e. The van der Waals surface area contributed by atoms with Crippen LogP contribution < -0.4 is 15.8 Å². The van der Waals surface area contributed by atoms with E-state index in [1.54, 1.807) is 47.0 Å². The minimum atomic E-state index is -4.74. The first-order valence-corrected chi connectivity index (χ1v) is 13.3. The number of pyridine rings is 1. The summed E-state index contributed by atoms with van der Waals surface area (Å²) in [5.41, 5.74) is 5.94. The summed E-state index contributed by atoms with van der Waals surface area (Å²) in [4.78, 5) is 24.1. The van der Waals surface area contributed by atoms with Gasteiger partial charge in [0.1, 0.15) is 23.5 Å². The van der Waals surface area contributed by atoms with Crippen LogP contribution >= 0.6 is 0 Å². The Labute approximate surface area is 248 Å². The van der Waals surface area contributed by atoms with Crippen molar-refractivity contribution in [3.05, 3.63) is 120 Å². The lowest BCUT2D eigenvalue weighted by atomic mass is 10.1. The first-order chi connectivity index (χ1) is 21.2. The highest BCUT2D eigenvalue weighted by Gasteiger charge is 2.36. The van der Waals surface area contributed by atoms with Crippen molar-refractivity contribution < 1.29 is 22.7 Å². The second-order valence-corrected chi connectivity index (χ2v) is 9.67. The largest absolute Gasteiger partial charge is 0.457 e. The summed E-state index contributed by atoms with van der Waals surface area (Å²) in [5.74, 6) is 0.588. The summed E-state index contributed by atoms with van der Waals surface area (Å²) in [6.07, 6.45) is -2.13. The van der Waals surface area contributed by atoms with Crippen LogP contribution in [-0.4, -0.2) is 35.6 Å². The molecule has 0 fully saturated rings. The van der Waals surface area contributed by atoms with Gasteiger partial charge in [0.2, 0.25) is 5.95 Å². The number of nitrogens with one attached hydrogen (secondary N) is 1. The van der Waals surface area contributed by atoms with Crippen LogP contribution in [0.2, 0.25) is 0 Å². The quantitative estimate of drug-likeness (QED) is 0.212. The number of carbonyl (C=O) groups is 1. The number of aromatic nitrogens is 6. The molecule has 3 N–H and O–H groups in total. The first kappa shape index (κ1) is 28.3. The lowest BCUT2D eigenvalue weighted by Crippen LogP contribution is -2.16. The summed E-state index contributed by atoms with van der Waals surface area (Å²) in [6.45, 7) is 0.235. The van der Waals surface area contributed by atoms with Crippen LogP contribution in [0, 0.1) is 0 Å². The average Bonchev–Trinajstić information content (AvgIpc) is 3.47. The van der Waals surface area contributed by atoms with Gasteiger partial charge in [-0.05, 0) is 47.5 Å². The third kappa shape index (κ3) is 6.16. The van der Waals surface area contributed by atoms with E-state index in [-0.39, 0.29) is 35.9 Å². The van der Waals surface area contributed by atoms with Crippen LogP contribution in [0.25, 0.3) is 22.0 Å². The van der Waals surface area contributed by atoms with E-state index in [1.807, 2.05) is 30.3 Å². The van der Waals surface area contributed by atoms with Crippen molar-refractivity contribution in [1.29, 1.82) is 0 Å². The Morgan fingerprint density at radius 2 is 1.66 bits per heavy atom. The molecule has 0 aliphatic heterocycles. The Hall–Kier alpha value is -5.85. The highest BCUT2D eigenvalue weighted by molar-refractivity contribution is 5.94. The van der Waals surface area contributed by atoms with Gasteiger partial charge in [-0.2, -0.15) is 13.2 Å². The van der Waals surface area contributed by atoms with Crippen molar-refractivity contribution in [2.24, 2.45) is 5.73 Å². The van der Waals surface area contributed by atoms with Gasteiger partial charge in [0.15, 0.2) is 11.5 Å². The SMILES string of the molecule is NC(=O)c1cc(Cn2cnnc2CNc2ncc(-c3ccc(Oc4ccccc4)cc3)c(C(F)(F)F)n2)c2ccccc2n1. The molecule has 1 amide bonds. The normalized spacial score (nSPS) is 11.4. The van der Waals surface area contributed by atoms with Gasteiger partial charge in [-0.3, -0.25) is 4.79 Å². The molecule has 0 bridgehead atoms. The smallest absolute Gasteiger partial charge is 0.434 e. The lowest BCUT2D eigenvalue weighted by molar-refractivity contribution is -0.140. The number of para-hydroxylation sites is 2. The standard InChI is InChI=1S/C31H23F3N8O2/c32-31(33,34)28-24(19-10-12-22(13-11-19)44-21-6-2-1-3-7-21)15-36-30(40-28)37-16-27-41-38-18-42(27)17-20-14-26(29(35)43)39-25-9-5-4-8-23(20)25/h1-15,18H,16-17H2,(H2,35,43)(H,36,37,40). The van der Waals surface area contributed by atoms with E-state index in [2.05, 4.69) is 30.5 Å². The molecular formula is C31H23F3N8O2. The number of rotatable bonds is 9. The van der Waals surface area contributed by atoms with Gasteiger partial charge < -0.3 is 20.4 Å². The number of amides is 1. The van der Waals surface area contributed by atoms with Crippen LogP contribution in [0.1, 0.15) is 27.6 Å². The van der Waals surface area contributed by atoms with Gasteiger partial charge >= 0.3 is 6.18 Å². The second kappa shape index (κ2) is 11.8. The molecule has 3 heterocycles. The van der Waals surface area contributed by atoms with Crippen LogP contribution in [0.15, 0.2) is 97.5 Å². The van der Waals surface area contributed by atoms with Crippen LogP contribution in [0.3, 0.4) is 0 Å². The predicted molar refractivity (Wildman–Crippen MR) is 156 cm³/mol. The minimum absolute atomic E-state index is 0.0200. The molecule has 6 rings (SSSR count). The van der Waals surface area contributed by atoms with E-state index in [1.165, 1.54) is 18.5 Å². The Morgan fingerprint density at radius 3 is 2.41 bits per heavy atom. The van der Waals surface area contributed by atoms with Gasteiger partial charge in [0, 0.05) is 17.1 Å². The number of alkyl halides is 3. The van der Waals surface area contributed by atoms with E-state index < -0.39 is 17.8 Å². The molecule has 10 nitrogen and oxygen atoms in total.